The first kappa shape index (κ1) is 17.2. The molecule has 2 rings (SSSR count). The van der Waals surface area contributed by atoms with E-state index in [1.165, 1.54) is 12.1 Å². The minimum atomic E-state index is -4.28. The van der Waals surface area contributed by atoms with Crippen molar-refractivity contribution in [3.05, 3.63) is 35.4 Å². The van der Waals surface area contributed by atoms with Gasteiger partial charge in [-0.05, 0) is 37.6 Å². The quantitative estimate of drug-likeness (QED) is 0.873. The van der Waals surface area contributed by atoms with Gasteiger partial charge in [0, 0.05) is 26.2 Å². The summed E-state index contributed by atoms with van der Waals surface area (Å²) in [5, 5.41) is 3.13. The van der Waals surface area contributed by atoms with Crippen LogP contribution in [0.1, 0.15) is 24.0 Å². The molecule has 1 aliphatic heterocycles. The molecule has 1 aromatic rings. The summed E-state index contributed by atoms with van der Waals surface area (Å²) >= 11 is 0. The zero-order chi connectivity index (χ0) is 16.0. The second-order valence-electron chi connectivity index (χ2n) is 5.65. The Hall–Kier alpha value is -1.11. The lowest BCUT2D eigenvalue weighted by molar-refractivity contribution is -0.137. The van der Waals surface area contributed by atoms with Crippen LogP contribution in [0.2, 0.25) is 0 Å². The van der Waals surface area contributed by atoms with Crippen LogP contribution < -0.4 is 5.32 Å². The van der Waals surface area contributed by atoms with Crippen molar-refractivity contribution in [1.29, 1.82) is 0 Å². The van der Waals surface area contributed by atoms with E-state index in [2.05, 4.69) is 10.2 Å². The third kappa shape index (κ3) is 5.26. The van der Waals surface area contributed by atoms with E-state index in [-0.39, 0.29) is 6.10 Å². The van der Waals surface area contributed by atoms with E-state index < -0.39 is 11.7 Å². The van der Waals surface area contributed by atoms with Gasteiger partial charge in [-0.1, -0.05) is 12.1 Å². The molecule has 0 bridgehead atoms. The highest BCUT2D eigenvalue weighted by Gasteiger charge is 2.30. The van der Waals surface area contributed by atoms with Crippen LogP contribution in [0, 0.1) is 0 Å². The molecule has 22 heavy (non-hydrogen) atoms. The molecule has 1 aliphatic rings. The lowest BCUT2D eigenvalue weighted by Crippen LogP contribution is -2.40. The van der Waals surface area contributed by atoms with Crippen LogP contribution in [-0.4, -0.2) is 44.2 Å². The number of halogens is 3. The SMILES string of the molecule is CNCCN1CCC(OCc2ccc(C(F)(F)F)cc2)CC1. The second kappa shape index (κ2) is 7.94. The summed E-state index contributed by atoms with van der Waals surface area (Å²) in [5.41, 5.74) is 0.166. The van der Waals surface area contributed by atoms with Crippen LogP contribution in [0.25, 0.3) is 0 Å². The summed E-state index contributed by atoms with van der Waals surface area (Å²) < 4.78 is 43.3. The molecule has 0 unspecified atom stereocenters. The number of hydrogen-bond donors (Lipinski definition) is 1. The number of likely N-dealkylation sites (tertiary alicyclic amines) is 1. The topological polar surface area (TPSA) is 24.5 Å². The average Bonchev–Trinajstić information content (AvgIpc) is 2.51. The van der Waals surface area contributed by atoms with Crippen molar-refractivity contribution in [3.8, 4) is 0 Å². The summed E-state index contributed by atoms with van der Waals surface area (Å²) in [6, 6.07) is 5.20. The molecule has 124 valence electrons. The molecule has 3 nitrogen and oxygen atoms in total. The third-order valence-electron chi connectivity index (χ3n) is 3.98. The molecule has 1 heterocycles. The number of alkyl halides is 3. The normalized spacial score (nSPS) is 17.8. The maximum absolute atomic E-state index is 12.5. The van der Waals surface area contributed by atoms with Crippen LogP contribution in [-0.2, 0) is 17.5 Å². The van der Waals surface area contributed by atoms with Crippen molar-refractivity contribution in [1.82, 2.24) is 10.2 Å². The van der Waals surface area contributed by atoms with Gasteiger partial charge in [-0.3, -0.25) is 0 Å². The third-order valence-corrected chi connectivity index (χ3v) is 3.98. The highest BCUT2D eigenvalue weighted by Crippen LogP contribution is 2.29. The van der Waals surface area contributed by atoms with Gasteiger partial charge < -0.3 is 15.0 Å². The van der Waals surface area contributed by atoms with Crippen LogP contribution in [0.15, 0.2) is 24.3 Å². The molecule has 0 spiro atoms. The van der Waals surface area contributed by atoms with Gasteiger partial charge >= 0.3 is 6.18 Å². The average molecular weight is 316 g/mol. The lowest BCUT2D eigenvalue weighted by atomic mass is 10.1. The predicted molar refractivity (Wildman–Crippen MR) is 79.6 cm³/mol. The van der Waals surface area contributed by atoms with Gasteiger partial charge in [0.25, 0.3) is 0 Å². The van der Waals surface area contributed by atoms with Crippen molar-refractivity contribution in [3.63, 3.8) is 0 Å². The molecule has 1 saturated heterocycles. The van der Waals surface area contributed by atoms with E-state index in [0.29, 0.717) is 6.61 Å². The van der Waals surface area contributed by atoms with Crippen molar-refractivity contribution in [2.24, 2.45) is 0 Å². The minimum absolute atomic E-state index is 0.202. The molecule has 1 N–H and O–H groups in total. The van der Waals surface area contributed by atoms with E-state index in [4.69, 9.17) is 4.74 Å². The molecule has 6 heteroatoms. The van der Waals surface area contributed by atoms with Crippen LogP contribution in [0.3, 0.4) is 0 Å². The number of piperidine rings is 1. The molecule has 0 atom stereocenters. The monoisotopic (exact) mass is 316 g/mol. The van der Waals surface area contributed by atoms with Gasteiger partial charge in [0.1, 0.15) is 0 Å². The van der Waals surface area contributed by atoms with Crippen LogP contribution in [0.5, 0.6) is 0 Å². The molecular weight excluding hydrogens is 293 g/mol. The van der Waals surface area contributed by atoms with Gasteiger partial charge in [0.15, 0.2) is 0 Å². The Balaban J connectivity index is 1.73. The highest BCUT2D eigenvalue weighted by molar-refractivity contribution is 5.24. The molecule has 1 fully saturated rings. The number of benzene rings is 1. The smallest absolute Gasteiger partial charge is 0.373 e. The Labute approximate surface area is 129 Å². The first-order chi connectivity index (χ1) is 10.5. The minimum Gasteiger partial charge on any atom is -0.373 e. The Bertz CT molecular complexity index is 440. The number of likely N-dealkylation sites (N-methyl/N-ethyl adjacent to an activating group) is 1. The predicted octanol–water partition coefficient (Wildman–Crippen LogP) is 2.91. The van der Waals surface area contributed by atoms with Crippen molar-refractivity contribution >= 4 is 0 Å². The molecule has 0 radical (unpaired) electrons. The number of rotatable bonds is 6. The number of ether oxygens (including phenoxy) is 1. The Morgan fingerprint density at radius 1 is 1.18 bits per heavy atom. The summed E-state index contributed by atoms with van der Waals surface area (Å²) in [6.07, 6.45) is -2.12. The Morgan fingerprint density at radius 3 is 2.36 bits per heavy atom. The first-order valence-corrected chi connectivity index (χ1v) is 7.63. The van der Waals surface area contributed by atoms with Gasteiger partial charge in [0.2, 0.25) is 0 Å². The van der Waals surface area contributed by atoms with E-state index in [0.717, 1.165) is 56.7 Å². The molecular formula is C16H23F3N2O. The van der Waals surface area contributed by atoms with E-state index in [1.807, 2.05) is 7.05 Å². The van der Waals surface area contributed by atoms with Crippen molar-refractivity contribution < 1.29 is 17.9 Å². The number of hydrogen-bond acceptors (Lipinski definition) is 3. The van der Waals surface area contributed by atoms with Gasteiger partial charge in [-0.25, -0.2) is 0 Å². The summed E-state index contributed by atoms with van der Waals surface area (Å²) in [5.74, 6) is 0. The fraction of sp³-hybridized carbons (Fsp3) is 0.625. The van der Waals surface area contributed by atoms with E-state index >= 15 is 0 Å². The zero-order valence-corrected chi connectivity index (χ0v) is 12.8. The number of nitrogens with zero attached hydrogens (tertiary/aromatic N) is 1. The molecule has 0 saturated carbocycles. The zero-order valence-electron chi connectivity index (χ0n) is 12.8. The van der Waals surface area contributed by atoms with Crippen LogP contribution in [0.4, 0.5) is 13.2 Å². The Morgan fingerprint density at radius 2 is 1.82 bits per heavy atom. The van der Waals surface area contributed by atoms with Crippen molar-refractivity contribution in [2.75, 3.05) is 33.2 Å². The summed E-state index contributed by atoms with van der Waals surface area (Å²) in [6.45, 7) is 4.43. The fourth-order valence-electron chi connectivity index (χ4n) is 2.57. The van der Waals surface area contributed by atoms with Gasteiger partial charge in [0.05, 0.1) is 18.3 Å². The van der Waals surface area contributed by atoms with Crippen LogP contribution >= 0.6 is 0 Å². The number of nitrogens with one attached hydrogen (secondary N) is 1. The molecule has 1 aromatic carbocycles. The summed E-state index contributed by atoms with van der Waals surface area (Å²) in [4.78, 5) is 2.40. The van der Waals surface area contributed by atoms with E-state index in [9.17, 15) is 13.2 Å². The standard InChI is InChI=1S/C16H23F3N2O/c1-20-8-11-21-9-6-15(7-10-21)22-12-13-2-4-14(5-3-13)16(17,18)19/h2-5,15,20H,6-12H2,1H3. The Kier molecular flexibility index (Phi) is 6.23. The highest BCUT2D eigenvalue weighted by atomic mass is 19.4. The molecule has 0 aromatic heterocycles. The van der Waals surface area contributed by atoms with Gasteiger partial charge in [-0.2, -0.15) is 13.2 Å². The lowest BCUT2D eigenvalue weighted by Gasteiger charge is -2.31. The maximum Gasteiger partial charge on any atom is 0.416 e. The first-order valence-electron chi connectivity index (χ1n) is 7.63. The maximum atomic E-state index is 12.5. The molecule has 0 amide bonds. The van der Waals surface area contributed by atoms with Crippen molar-refractivity contribution in [2.45, 2.75) is 31.7 Å². The van der Waals surface area contributed by atoms with E-state index in [1.54, 1.807) is 0 Å². The largest absolute Gasteiger partial charge is 0.416 e. The second-order valence-corrected chi connectivity index (χ2v) is 5.65. The summed E-state index contributed by atoms with van der Waals surface area (Å²) in [7, 11) is 1.94. The molecule has 0 aliphatic carbocycles. The fourth-order valence-corrected chi connectivity index (χ4v) is 2.57. The van der Waals surface area contributed by atoms with Gasteiger partial charge in [-0.15, -0.1) is 0 Å².